The highest BCUT2D eigenvalue weighted by Gasteiger charge is 2.22. The van der Waals surface area contributed by atoms with Crippen molar-refractivity contribution >= 4 is 35.8 Å². The number of para-hydroxylation sites is 1. The van der Waals surface area contributed by atoms with Crippen molar-refractivity contribution in [2.75, 3.05) is 20.2 Å². The van der Waals surface area contributed by atoms with Crippen LogP contribution < -0.4 is 20.7 Å². The summed E-state index contributed by atoms with van der Waals surface area (Å²) in [5.74, 6) is 2.39. The Morgan fingerprint density at radius 2 is 2.04 bits per heavy atom. The molecule has 1 aromatic rings. The molecule has 1 aliphatic carbocycles. The highest BCUT2D eigenvalue weighted by molar-refractivity contribution is 14.0. The van der Waals surface area contributed by atoms with E-state index in [0.29, 0.717) is 25.5 Å². The normalized spacial score (nSPS) is 14.7. The molecule has 3 N–H and O–H groups in total. The van der Waals surface area contributed by atoms with E-state index in [9.17, 15) is 4.79 Å². The molecule has 0 radical (unpaired) electrons. The first-order chi connectivity index (χ1) is 12.6. The van der Waals surface area contributed by atoms with E-state index in [4.69, 9.17) is 4.74 Å². The van der Waals surface area contributed by atoms with Crippen LogP contribution >= 0.6 is 24.0 Å². The van der Waals surface area contributed by atoms with Crippen molar-refractivity contribution < 1.29 is 9.53 Å². The predicted molar refractivity (Wildman–Crippen MR) is 121 cm³/mol. The fourth-order valence-corrected chi connectivity index (χ4v) is 2.43. The average Bonchev–Trinajstić information content (AvgIpc) is 3.47. The van der Waals surface area contributed by atoms with Gasteiger partial charge in [0.1, 0.15) is 5.75 Å². The van der Waals surface area contributed by atoms with Gasteiger partial charge in [-0.2, -0.15) is 0 Å². The molecule has 1 saturated carbocycles. The molecule has 27 heavy (non-hydrogen) atoms. The maximum Gasteiger partial charge on any atom is 0.221 e. The largest absolute Gasteiger partial charge is 0.493 e. The van der Waals surface area contributed by atoms with E-state index in [2.05, 4.69) is 33.9 Å². The summed E-state index contributed by atoms with van der Waals surface area (Å²) in [6.07, 6.45) is 3.92. The zero-order valence-electron chi connectivity index (χ0n) is 16.6. The van der Waals surface area contributed by atoms with Crippen LogP contribution in [-0.4, -0.2) is 38.1 Å². The molecule has 1 atom stereocenters. The second-order valence-corrected chi connectivity index (χ2v) is 6.84. The van der Waals surface area contributed by atoms with Gasteiger partial charge in [-0.25, -0.2) is 0 Å². The molecule has 1 aliphatic rings. The average molecular weight is 488 g/mol. The SMILES string of the molecule is CCC(C)NC(=O)CCNC(=NC)NCc1ccccc1OCC1CC1.I. The summed E-state index contributed by atoms with van der Waals surface area (Å²) in [4.78, 5) is 16.0. The third-order valence-corrected chi connectivity index (χ3v) is 4.48. The molecule has 7 heteroatoms. The van der Waals surface area contributed by atoms with Crippen molar-refractivity contribution in [3.63, 3.8) is 0 Å². The number of aliphatic imine (C=N–C) groups is 1. The second kappa shape index (κ2) is 12.8. The van der Waals surface area contributed by atoms with E-state index in [1.54, 1.807) is 7.05 Å². The molecule has 1 amide bonds. The Labute approximate surface area is 179 Å². The van der Waals surface area contributed by atoms with Gasteiger partial charge in [0, 0.05) is 38.2 Å². The molecule has 0 bridgehead atoms. The van der Waals surface area contributed by atoms with Crippen LogP contribution in [0, 0.1) is 5.92 Å². The third kappa shape index (κ3) is 9.30. The second-order valence-electron chi connectivity index (χ2n) is 6.84. The number of carbonyl (C=O) groups is 1. The molecule has 1 aromatic carbocycles. The van der Waals surface area contributed by atoms with Crippen LogP contribution in [-0.2, 0) is 11.3 Å². The third-order valence-electron chi connectivity index (χ3n) is 4.48. The highest BCUT2D eigenvalue weighted by atomic mass is 127. The van der Waals surface area contributed by atoms with Crippen LogP contribution in [0.5, 0.6) is 5.75 Å². The number of halogens is 1. The zero-order valence-corrected chi connectivity index (χ0v) is 18.9. The fourth-order valence-electron chi connectivity index (χ4n) is 2.43. The number of benzene rings is 1. The molecule has 0 aromatic heterocycles. The maximum absolute atomic E-state index is 11.8. The molecule has 0 heterocycles. The molecular weight excluding hydrogens is 455 g/mol. The van der Waals surface area contributed by atoms with Gasteiger partial charge < -0.3 is 20.7 Å². The van der Waals surface area contributed by atoms with Crippen LogP contribution in [0.25, 0.3) is 0 Å². The number of hydrogen-bond donors (Lipinski definition) is 3. The molecule has 152 valence electrons. The minimum Gasteiger partial charge on any atom is -0.493 e. The highest BCUT2D eigenvalue weighted by Crippen LogP contribution is 2.30. The molecule has 6 nitrogen and oxygen atoms in total. The summed E-state index contributed by atoms with van der Waals surface area (Å²) in [6.45, 7) is 6.03. The summed E-state index contributed by atoms with van der Waals surface area (Å²) in [7, 11) is 1.73. The van der Waals surface area contributed by atoms with Crippen molar-refractivity contribution in [2.45, 2.75) is 52.1 Å². The summed E-state index contributed by atoms with van der Waals surface area (Å²) < 4.78 is 5.93. The van der Waals surface area contributed by atoms with E-state index in [1.807, 2.05) is 25.1 Å². The number of nitrogens with one attached hydrogen (secondary N) is 3. The van der Waals surface area contributed by atoms with Gasteiger partial charge in [0.25, 0.3) is 0 Å². The molecule has 1 unspecified atom stereocenters. The number of rotatable bonds is 10. The zero-order chi connectivity index (χ0) is 18.8. The van der Waals surface area contributed by atoms with Gasteiger partial charge in [-0.05, 0) is 38.2 Å². The van der Waals surface area contributed by atoms with E-state index in [1.165, 1.54) is 12.8 Å². The number of ether oxygens (including phenoxy) is 1. The number of carbonyl (C=O) groups excluding carboxylic acids is 1. The monoisotopic (exact) mass is 488 g/mol. The van der Waals surface area contributed by atoms with Crippen LogP contribution in [0.15, 0.2) is 29.3 Å². The molecule has 0 saturated heterocycles. The van der Waals surface area contributed by atoms with E-state index < -0.39 is 0 Å². The molecule has 0 spiro atoms. The number of amides is 1. The van der Waals surface area contributed by atoms with Gasteiger partial charge in [0.05, 0.1) is 6.61 Å². The van der Waals surface area contributed by atoms with Gasteiger partial charge in [-0.3, -0.25) is 9.79 Å². The topological polar surface area (TPSA) is 74.8 Å². The molecule has 2 rings (SSSR count). The summed E-state index contributed by atoms with van der Waals surface area (Å²) >= 11 is 0. The van der Waals surface area contributed by atoms with Crippen molar-refractivity contribution in [1.82, 2.24) is 16.0 Å². The first-order valence-electron chi connectivity index (χ1n) is 9.57. The first kappa shape index (κ1) is 23.5. The molecule has 0 aliphatic heterocycles. The lowest BCUT2D eigenvalue weighted by Crippen LogP contribution is -2.40. The van der Waals surface area contributed by atoms with Crippen molar-refractivity contribution in [3.05, 3.63) is 29.8 Å². The van der Waals surface area contributed by atoms with E-state index in [-0.39, 0.29) is 35.9 Å². The van der Waals surface area contributed by atoms with Gasteiger partial charge in [0.15, 0.2) is 5.96 Å². The van der Waals surface area contributed by atoms with E-state index >= 15 is 0 Å². The lowest BCUT2D eigenvalue weighted by atomic mass is 10.2. The van der Waals surface area contributed by atoms with Gasteiger partial charge in [-0.1, -0.05) is 25.1 Å². The lowest BCUT2D eigenvalue weighted by Gasteiger charge is -2.15. The first-order valence-corrected chi connectivity index (χ1v) is 9.57. The minimum atomic E-state index is 0. The summed E-state index contributed by atoms with van der Waals surface area (Å²) in [6, 6.07) is 8.29. The number of hydrogen-bond acceptors (Lipinski definition) is 3. The Morgan fingerprint density at radius 3 is 2.70 bits per heavy atom. The number of nitrogens with zero attached hydrogens (tertiary/aromatic N) is 1. The predicted octanol–water partition coefficient (Wildman–Crippen LogP) is 3.06. The Hall–Kier alpha value is -1.51. The Kier molecular flexibility index (Phi) is 11.2. The summed E-state index contributed by atoms with van der Waals surface area (Å²) in [5.41, 5.74) is 1.10. The summed E-state index contributed by atoms with van der Waals surface area (Å²) in [5, 5.41) is 9.42. The van der Waals surface area contributed by atoms with Gasteiger partial charge in [0.2, 0.25) is 5.91 Å². The van der Waals surface area contributed by atoms with Crippen LogP contribution in [0.2, 0.25) is 0 Å². The van der Waals surface area contributed by atoms with Gasteiger partial charge in [-0.15, -0.1) is 24.0 Å². The Balaban J connectivity index is 0.00000364. The number of guanidine groups is 1. The Bertz CT molecular complexity index is 605. The molecular formula is C20H33IN4O2. The quantitative estimate of drug-likeness (QED) is 0.269. The van der Waals surface area contributed by atoms with Crippen molar-refractivity contribution in [2.24, 2.45) is 10.9 Å². The minimum absolute atomic E-state index is 0. The van der Waals surface area contributed by atoms with Gasteiger partial charge >= 0.3 is 0 Å². The van der Waals surface area contributed by atoms with Crippen LogP contribution in [0.1, 0.15) is 45.1 Å². The molecule has 1 fully saturated rings. The Morgan fingerprint density at radius 1 is 1.30 bits per heavy atom. The van der Waals surface area contributed by atoms with Crippen molar-refractivity contribution in [3.8, 4) is 5.75 Å². The lowest BCUT2D eigenvalue weighted by molar-refractivity contribution is -0.121. The standard InChI is InChI=1S/C20H32N4O2.HI/c1-4-15(2)24-19(25)11-12-22-20(21-3)23-13-17-7-5-6-8-18(17)26-14-16-9-10-16;/h5-8,15-16H,4,9-14H2,1-3H3,(H,24,25)(H2,21,22,23);1H. The van der Waals surface area contributed by atoms with Crippen LogP contribution in [0.3, 0.4) is 0 Å². The van der Waals surface area contributed by atoms with E-state index in [0.717, 1.165) is 30.3 Å². The maximum atomic E-state index is 11.8. The van der Waals surface area contributed by atoms with Crippen LogP contribution in [0.4, 0.5) is 0 Å². The smallest absolute Gasteiger partial charge is 0.221 e. The van der Waals surface area contributed by atoms with Crippen molar-refractivity contribution in [1.29, 1.82) is 0 Å². The fraction of sp³-hybridized carbons (Fsp3) is 0.600.